The Hall–Kier alpha value is -1.93. The quantitative estimate of drug-likeness (QED) is 0.730. The Labute approximate surface area is 145 Å². The number of benzene rings is 2. The van der Waals surface area contributed by atoms with E-state index in [1.54, 1.807) is 0 Å². The van der Waals surface area contributed by atoms with Gasteiger partial charge in [-0.25, -0.2) is 0 Å². The molecule has 2 nitrogen and oxygen atoms in total. The van der Waals surface area contributed by atoms with Crippen molar-refractivity contribution in [3.8, 4) is 0 Å². The van der Waals surface area contributed by atoms with E-state index in [-0.39, 0.29) is 5.92 Å². The van der Waals surface area contributed by atoms with Gasteiger partial charge in [-0.05, 0) is 43.0 Å². The van der Waals surface area contributed by atoms with Crippen molar-refractivity contribution in [3.05, 3.63) is 71.3 Å². The highest BCUT2D eigenvalue weighted by Gasteiger charge is 2.25. The van der Waals surface area contributed by atoms with Gasteiger partial charge in [-0.15, -0.1) is 0 Å². The number of rotatable bonds is 5. The molecule has 0 aliphatic carbocycles. The molecule has 2 aromatic carbocycles. The normalized spacial score (nSPS) is 16.5. The van der Waals surface area contributed by atoms with Crippen LogP contribution in [0.2, 0.25) is 0 Å². The van der Waals surface area contributed by atoms with Gasteiger partial charge in [0.15, 0.2) is 5.78 Å². The first-order chi connectivity index (χ1) is 11.6. The fourth-order valence-electron chi connectivity index (χ4n) is 3.46. The zero-order valence-electron chi connectivity index (χ0n) is 14.7. The summed E-state index contributed by atoms with van der Waals surface area (Å²) < 4.78 is 0. The number of ketones is 1. The Bertz CT molecular complexity index is 652. The maximum Gasteiger partial charge on any atom is 0.166 e. The molecule has 0 unspecified atom stereocenters. The molecule has 0 aromatic heterocycles. The molecule has 1 saturated heterocycles. The zero-order valence-corrected chi connectivity index (χ0v) is 14.7. The third kappa shape index (κ3) is 4.12. The number of hydrogen-bond acceptors (Lipinski definition) is 2. The molecule has 0 saturated carbocycles. The summed E-state index contributed by atoms with van der Waals surface area (Å²) in [6, 6.07) is 18.8. The van der Waals surface area contributed by atoms with Crippen LogP contribution in [0.3, 0.4) is 0 Å². The third-order valence-corrected chi connectivity index (χ3v) is 5.07. The highest BCUT2D eigenvalue weighted by molar-refractivity contribution is 5.97. The van der Waals surface area contributed by atoms with E-state index in [1.807, 2.05) is 12.1 Å². The van der Waals surface area contributed by atoms with E-state index in [1.165, 1.54) is 11.1 Å². The van der Waals surface area contributed by atoms with Crippen LogP contribution in [-0.4, -0.2) is 23.8 Å². The molecule has 2 heteroatoms. The van der Waals surface area contributed by atoms with Gasteiger partial charge in [0.1, 0.15) is 0 Å². The Morgan fingerprint density at radius 1 is 1.00 bits per heavy atom. The van der Waals surface area contributed by atoms with Gasteiger partial charge in [-0.2, -0.15) is 0 Å². The van der Waals surface area contributed by atoms with E-state index in [4.69, 9.17) is 0 Å². The molecule has 24 heavy (non-hydrogen) atoms. The molecule has 0 bridgehead atoms. The van der Waals surface area contributed by atoms with Crippen molar-refractivity contribution in [3.63, 3.8) is 0 Å². The van der Waals surface area contributed by atoms with Crippen LogP contribution in [0.25, 0.3) is 0 Å². The molecule has 1 aliphatic heterocycles. The Balaban J connectivity index is 1.55. The maximum absolute atomic E-state index is 12.7. The smallest absolute Gasteiger partial charge is 0.166 e. The molecule has 1 fully saturated rings. The number of nitrogens with zero attached hydrogens (tertiary/aromatic N) is 1. The van der Waals surface area contributed by atoms with E-state index in [2.05, 4.69) is 61.2 Å². The predicted molar refractivity (Wildman–Crippen MR) is 99.3 cm³/mol. The number of Topliss-reactive ketones (excluding diaryl/α,β-unsaturated/α-hetero) is 1. The Kier molecular flexibility index (Phi) is 5.47. The molecule has 0 atom stereocenters. The lowest BCUT2D eigenvalue weighted by atomic mass is 9.88. The summed E-state index contributed by atoms with van der Waals surface area (Å²) in [5.41, 5.74) is 3.52. The van der Waals surface area contributed by atoms with Gasteiger partial charge in [0.05, 0.1) is 0 Å². The summed E-state index contributed by atoms with van der Waals surface area (Å²) in [5.74, 6) is 1.02. The van der Waals surface area contributed by atoms with Crippen LogP contribution in [0, 0.1) is 5.92 Å². The van der Waals surface area contributed by atoms with Crippen LogP contribution in [0.1, 0.15) is 54.1 Å². The summed E-state index contributed by atoms with van der Waals surface area (Å²) in [7, 11) is 0. The molecule has 126 valence electrons. The minimum absolute atomic E-state index is 0.182. The first kappa shape index (κ1) is 16.9. The first-order valence-electron chi connectivity index (χ1n) is 9.04. The average molecular weight is 321 g/mol. The van der Waals surface area contributed by atoms with E-state index in [0.29, 0.717) is 11.7 Å². The molecule has 2 aromatic rings. The third-order valence-electron chi connectivity index (χ3n) is 5.07. The van der Waals surface area contributed by atoms with Gasteiger partial charge >= 0.3 is 0 Å². The summed E-state index contributed by atoms with van der Waals surface area (Å²) >= 11 is 0. The van der Waals surface area contributed by atoms with Crippen molar-refractivity contribution >= 4 is 5.78 Å². The van der Waals surface area contributed by atoms with E-state index >= 15 is 0 Å². The molecular formula is C22H27NO. The van der Waals surface area contributed by atoms with Gasteiger partial charge in [0.25, 0.3) is 0 Å². The second kappa shape index (κ2) is 7.76. The van der Waals surface area contributed by atoms with Crippen LogP contribution in [0.4, 0.5) is 0 Å². The van der Waals surface area contributed by atoms with E-state index in [9.17, 15) is 4.79 Å². The van der Waals surface area contributed by atoms with Crippen LogP contribution in [-0.2, 0) is 6.54 Å². The Morgan fingerprint density at radius 3 is 2.21 bits per heavy atom. The topological polar surface area (TPSA) is 20.3 Å². The fraction of sp³-hybridized carbons (Fsp3) is 0.409. The largest absolute Gasteiger partial charge is 0.299 e. The Morgan fingerprint density at radius 2 is 1.62 bits per heavy atom. The standard InChI is InChI=1S/C22H27NO/c1-17(2)19-8-10-20(11-9-19)22(24)21-12-14-23(15-13-21)16-18-6-4-3-5-7-18/h3-11,17,21H,12-16H2,1-2H3. The molecule has 1 aliphatic rings. The molecule has 1 heterocycles. The van der Waals surface area contributed by atoms with Crippen LogP contribution in [0.5, 0.6) is 0 Å². The predicted octanol–water partition coefficient (Wildman–Crippen LogP) is 4.90. The van der Waals surface area contributed by atoms with Gasteiger partial charge in [-0.1, -0.05) is 68.4 Å². The molecule has 0 N–H and O–H groups in total. The SMILES string of the molecule is CC(C)c1ccc(C(=O)C2CCN(Cc3ccccc3)CC2)cc1. The number of hydrogen-bond donors (Lipinski definition) is 0. The lowest BCUT2D eigenvalue weighted by molar-refractivity contribution is 0.0835. The second-order valence-electron chi connectivity index (χ2n) is 7.18. The minimum Gasteiger partial charge on any atom is -0.299 e. The van der Waals surface area contributed by atoms with E-state index in [0.717, 1.165) is 38.0 Å². The molecule has 0 amide bonds. The first-order valence-corrected chi connectivity index (χ1v) is 9.04. The van der Waals surface area contributed by atoms with Crippen molar-refractivity contribution in [2.75, 3.05) is 13.1 Å². The number of piperidine rings is 1. The monoisotopic (exact) mass is 321 g/mol. The molecule has 0 radical (unpaired) electrons. The van der Waals surface area contributed by atoms with Crippen molar-refractivity contribution in [2.45, 2.75) is 39.2 Å². The van der Waals surface area contributed by atoms with Gasteiger partial charge in [0, 0.05) is 18.0 Å². The molecule has 3 rings (SSSR count). The minimum atomic E-state index is 0.182. The van der Waals surface area contributed by atoms with Crippen LogP contribution >= 0.6 is 0 Å². The summed E-state index contributed by atoms with van der Waals surface area (Å²) in [5, 5.41) is 0. The van der Waals surface area contributed by atoms with Crippen LogP contribution < -0.4 is 0 Å². The number of likely N-dealkylation sites (tertiary alicyclic amines) is 1. The van der Waals surface area contributed by atoms with Gasteiger partial charge in [0.2, 0.25) is 0 Å². The van der Waals surface area contributed by atoms with Crippen molar-refractivity contribution in [1.82, 2.24) is 4.90 Å². The summed E-state index contributed by atoms with van der Waals surface area (Å²) in [6.45, 7) is 7.37. The lowest BCUT2D eigenvalue weighted by Crippen LogP contribution is -2.35. The van der Waals surface area contributed by atoms with Crippen molar-refractivity contribution in [1.29, 1.82) is 0 Å². The zero-order chi connectivity index (χ0) is 16.9. The highest BCUT2D eigenvalue weighted by atomic mass is 16.1. The second-order valence-corrected chi connectivity index (χ2v) is 7.18. The summed E-state index contributed by atoms with van der Waals surface area (Å²) in [6.07, 6.45) is 1.94. The average Bonchev–Trinajstić information content (AvgIpc) is 2.63. The highest BCUT2D eigenvalue weighted by Crippen LogP contribution is 2.24. The van der Waals surface area contributed by atoms with Crippen LogP contribution in [0.15, 0.2) is 54.6 Å². The van der Waals surface area contributed by atoms with Crippen molar-refractivity contribution in [2.24, 2.45) is 5.92 Å². The number of carbonyl (C=O) groups is 1. The summed E-state index contributed by atoms with van der Waals surface area (Å²) in [4.78, 5) is 15.2. The molecular weight excluding hydrogens is 294 g/mol. The van der Waals surface area contributed by atoms with Gasteiger partial charge in [-0.3, -0.25) is 9.69 Å². The fourth-order valence-corrected chi connectivity index (χ4v) is 3.46. The van der Waals surface area contributed by atoms with Gasteiger partial charge < -0.3 is 0 Å². The lowest BCUT2D eigenvalue weighted by Gasteiger charge is -2.31. The van der Waals surface area contributed by atoms with E-state index < -0.39 is 0 Å². The van der Waals surface area contributed by atoms with Crippen molar-refractivity contribution < 1.29 is 4.79 Å². The molecule has 0 spiro atoms. The maximum atomic E-state index is 12.7. The number of carbonyl (C=O) groups excluding carboxylic acids is 1.